The molecule has 3 aromatic rings. The summed E-state index contributed by atoms with van der Waals surface area (Å²) in [6.07, 6.45) is 0.910. The van der Waals surface area contributed by atoms with Crippen LogP contribution in [-0.2, 0) is 6.54 Å². The Balaban J connectivity index is 2.03. The van der Waals surface area contributed by atoms with E-state index in [9.17, 15) is 24.5 Å². The number of carbonyl (C=O) groups excluding carboxylic acids is 2. The van der Waals surface area contributed by atoms with Crippen molar-refractivity contribution in [2.45, 2.75) is 27.3 Å². The summed E-state index contributed by atoms with van der Waals surface area (Å²) in [6, 6.07) is 4.13. The van der Waals surface area contributed by atoms with Crippen molar-refractivity contribution in [1.29, 1.82) is 0 Å². The van der Waals surface area contributed by atoms with Crippen LogP contribution in [0.4, 0.5) is 5.69 Å². The van der Waals surface area contributed by atoms with Gasteiger partial charge >= 0.3 is 0 Å². The molecule has 150 valence electrons. The van der Waals surface area contributed by atoms with Crippen LogP contribution in [0.25, 0.3) is 5.82 Å². The van der Waals surface area contributed by atoms with E-state index in [0.717, 1.165) is 16.8 Å². The minimum absolute atomic E-state index is 0.308. The molecule has 0 fully saturated rings. The smallest absolute Gasteiger partial charge is 0.286 e. The predicted molar refractivity (Wildman–Crippen MR) is 100 cm³/mol. The summed E-state index contributed by atoms with van der Waals surface area (Å²) >= 11 is 0. The number of nitrogens with zero attached hydrogens (tertiary/aromatic N) is 4. The average molecular weight is 399 g/mol. The molecule has 0 radical (unpaired) electrons. The Hall–Kier alpha value is -4.02. The molecule has 11 nitrogen and oxygen atoms in total. The van der Waals surface area contributed by atoms with Crippen molar-refractivity contribution < 1.29 is 19.0 Å². The van der Waals surface area contributed by atoms with Gasteiger partial charge in [0.25, 0.3) is 17.2 Å². The van der Waals surface area contributed by atoms with E-state index < -0.39 is 40.0 Å². The average Bonchev–Trinajstić information content (AvgIpc) is 3.18. The second-order valence-electron chi connectivity index (χ2n) is 6.51. The fourth-order valence-corrected chi connectivity index (χ4v) is 3.11. The van der Waals surface area contributed by atoms with Crippen LogP contribution in [-0.4, -0.2) is 30.9 Å². The number of rotatable bonds is 6. The Bertz CT molecular complexity index is 1220. The molecule has 3 aromatic heterocycles. The predicted octanol–water partition coefficient (Wildman–Crippen LogP) is 1.44. The normalized spacial score (nSPS) is 10.9. The monoisotopic (exact) mass is 399 g/mol. The van der Waals surface area contributed by atoms with Crippen LogP contribution < -0.4 is 11.3 Å². The van der Waals surface area contributed by atoms with Gasteiger partial charge in [-0.15, -0.1) is 0 Å². The molecule has 0 unspecified atom stereocenters. The van der Waals surface area contributed by atoms with Crippen molar-refractivity contribution in [3.63, 3.8) is 0 Å². The largest absolute Gasteiger partial charge is 0.365 e. The van der Waals surface area contributed by atoms with Crippen LogP contribution in [0.15, 0.2) is 33.7 Å². The van der Waals surface area contributed by atoms with Gasteiger partial charge in [-0.25, -0.2) is 0 Å². The van der Waals surface area contributed by atoms with Crippen molar-refractivity contribution in [2.24, 2.45) is 5.73 Å². The number of hydrogen-bond acceptors (Lipinski definition) is 7. The highest BCUT2D eigenvalue weighted by Gasteiger charge is 2.22. The minimum atomic E-state index is -1.11. The van der Waals surface area contributed by atoms with Gasteiger partial charge in [0.05, 0.1) is 17.7 Å². The number of nitrogens with two attached hydrogens (primary N) is 1. The minimum Gasteiger partial charge on any atom is -0.365 e. The van der Waals surface area contributed by atoms with Crippen LogP contribution in [0, 0.1) is 30.9 Å². The standard InChI is InChI=1S/C18H17N5O6/c1-9-4-13(11(3)22(9)16-5-10(2)29-20-16)15(24)8-21-7-12(23(27)28)6-14(17(19)25)18(21)26/h4-7H,8H2,1-3H3,(H2,19,25). The number of aryl methyl sites for hydroxylation is 2. The molecule has 0 atom stereocenters. The fraction of sp³-hybridized carbons (Fsp3) is 0.222. The zero-order chi connectivity index (χ0) is 21.5. The first-order valence-electron chi connectivity index (χ1n) is 8.44. The molecule has 3 heterocycles. The Morgan fingerprint density at radius 2 is 1.90 bits per heavy atom. The van der Waals surface area contributed by atoms with E-state index in [2.05, 4.69) is 5.16 Å². The number of carbonyl (C=O) groups is 2. The summed E-state index contributed by atoms with van der Waals surface area (Å²) in [4.78, 5) is 47.0. The number of nitro groups is 1. The van der Waals surface area contributed by atoms with Crippen molar-refractivity contribution >= 4 is 17.4 Å². The zero-order valence-electron chi connectivity index (χ0n) is 15.8. The van der Waals surface area contributed by atoms with Gasteiger partial charge < -0.3 is 14.8 Å². The summed E-state index contributed by atoms with van der Waals surface area (Å²) < 4.78 is 7.60. The van der Waals surface area contributed by atoms with Crippen molar-refractivity contribution in [2.75, 3.05) is 0 Å². The zero-order valence-corrected chi connectivity index (χ0v) is 15.8. The molecule has 0 aliphatic rings. The van der Waals surface area contributed by atoms with E-state index in [0.29, 0.717) is 28.5 Å². The number of Topliss-reactive ketones (excluding diaryl/α,β-unsaturated/α-hetero) is 1. The maximum absolute atomic E-state index is 12.8. The Labute approximate surface area is 163 Å². The molecule has 0 spiro atoms. The molecular weight excluding hydrogens is 382 g/mol. The molecular formula is C18H17N5O6. The molecule has 11 heteroatoms. The van der Waals surface area contributed by atoms with Crippen molar-refractivity contribution in [3.05, 3.63) is 73.1 Å². The second kappa shape index (κ2) is 7.19. The van der Waals surface area contributed by atoms with Gasteiger partial charge in [-0.1, -0.05) is 5.16 Å². The lowest BCUT2D eigenvalue weighted by Crippen LogP contribution is -2.31. The Morgan fingerprint density at radius 1 is 1.21 bits per heavy atom. The first-order valence-corrected chi connectivity index (χ1v) is 8.44. The van der Waals surface area contributed by atoms with E-state index in [-0.39, 0.29) is 0 Å². The van der Waals surface area contributed by atoms with Crippen molar-refractivity contribution in [1.82, 2.24) is 14.3 Å². The van der Waals surface area contributed by atoms with Crippen molar-refractivity contribution in [3.8, 4) is 5.82 Å². The van der Waals surface area contributed by atoms with Gasteiger partial charge in [0.2, 0.25) is 0 Å². The summed E-state index contributed by atoms with van der Waals surface area (Å²) in [7, 11) is 0. The van der Waals surface area contributed by atoms with E-state index in [1.54, 1.807) is 37.5 Å². The fourth-order valence-electron chi connectivity index (χ4n) is 3.11. The highest BCUT2D eigenvalue weighted by molar-refractivity contribution is 5.98. The number of pyridine rings is 1. The van der Waals surface area contributed by atoms with Crippen LogP contribution in [0.2, 0.25) is 0 Å². The highest BCUT2D eigenvalue weighted by Crippen LogP contribution is 2.21. The van der Waals surface area contributed by atoms with Gasteiger partial charge in [0.1, 0.15) is 11.3 Å². The summed E-state index contributed by atoms with van der Waals surface area (Å²) in [5, 5.41) is 15.0. The summed E-state index contributed by atoms with van der Waals surface area (Å²) in [6.45, 7) is 4.72. The second-order valence-corrected chi connectivity index (χ2v) is 6.51. The van der Waals surface area contributed by atoms with Gasteiger partial charge in [0.15, 0.2) is 11.6 Å². The first-order chi connectivity index (χ1) is 13.6. The number of hydrogen-bond donors (Lipinski definition) is 1. The molecule has 1 amide bonds. The number of primary amides is 1. The highest BCUT2D eigenvalue weighted by atomic mass is 16.6. The van der Waals surface area contributed by atoms with Gasteiger partial charge in [-0.3, -0.25) is 29.1 Å². The van der Waals surface area contributed by atoms with Gasteiger partial charge in [-0.2, -0.15) is 0 Å². The SMILES string of the molecule is Cc1cc(-n2c(C)cc(C(=O)Cn3cc([N+](=O)[O-])cc(C(N)=O)c3=O)c2C)no1. The van der Waals surface area contributed by atoms with Gasteiger partial charge in [0, 0.05) is 29.1 Å². The van der Waals surface area contributed by atoms with E-state index in [1.165, 1.54) is 0 Å². The van der Waals surface area contributed by atoms with Crippen LogP contribution in [0.5, 0.6) is 0 Å². The summed E-state index contributed by atoms with van der Waals surface area (Å²) in [5.41, 5.74) is 4.76. The maximum Gasteiger partial charge on any atom is 0.286 e. The van der Waals surface area contributed by atoms with Crippen LogP contribution in [0.1, 0.15) is 37.9 Å². The molecule has 2 N–H and O–H groups in total. The third-order valence-corrected chi connectivity index (χ3v) is 4.44. The molecule has 0 bridgehead atoms. The van der Waals surface area contributed by atoms with Gasteiger partial charge in [-0.05, 0) is 26.8 Å². The quantitative estimate of drug-likeness (QED) is 0.373. The lowest BCUT2D eigenvalue weighted by molar-refractivity contribution is -0.385. The summed E-state index contributed by atoms with van der Waals surface area (Å²) in [5.74, 6) is -0.482. The van der Waals surface area contributed by atoms with Crippen LogP contribution in [0.3, 0.4) is 0 Å². The maximum atomic E-state index is 12.8. The molecule has 29 heavy (non-hydrogen) atoms. The topological polar surface area (TPSA) is 156 Å². The molecule has 3 rings (SSSR count). The van der Waals surface area contributed by atoms with E-state index >= 15 is 0 Å². The molecule has 0 aromatic carbocycles. The lowest BCUT2D eigenvalue weighted by Gasteiger charge is -2.08. The van der Waals surface area contributed by atoms with Crippen LogP contribution >= 0.6 is 0 Å². The Kier molecular flexibility index (Phi) is 4.89. The molecule has 0 saturated heterocycles. The van der Waals surface area contributed by atoms with E-state index in [4.69, 9.17) is 10.3 Å². The number of ketones is 1. The molecule has 0 aliphatic heterocycles. The third kappa shape index (κ3) is 3.57. The van der Waals surface area contributed by atoms with E-state index in [1.807, 2.05) is 0 Å². The first kappa shape index (κ1) is 19.7. The molecule has 0 saturated carbocycles. The third-order valence-electron chi connectivity index (χ3n) is 4.44. The lowest BCUT2D eigenvalue weighted by atomic mass is 10.1. The Morgan fingerprint density at radius 3 is 2.45 bits per heavy atom. The number of amides is 1. The molecule has 0 aliphatic carbocycles. The number of aromatic nitrogens is 3.